The largest absolute Gasteiger partial charge is 0.389 e. The van der Waals surface area contributed by atoms with Gasteiger partial charge in [0.25, 0.3) is 0 Å². The molecule has 28 heavy (non-hydrogen) atoms. The summed E-state index contributed by atoms with van der Waals surface area (Å²) in [5.74, 6) is 0.148. The summed E-state index contributed by atoms with van der Waals surface area (Å²) in [5.41, 5.74) is 2.93. The van der Waals surface area contributed by atoms with Gasteiger partial charge in [0.2, 0.25) is 0 Å². The summed E-state index contributed by atoms with van der Waals surface area (Å²) in [6.45, 7) is 2.20. The normalized spacial score (nSPS) is 27.4. The van der Waals surface area contributed by atoms with Crippen LogP contribution in [0.5, 0.6) is 0 Å². The molecule has 0 unspecified atom stereocenters. The second-order valence-electron chi connectivity index (χ2n) is 8.00. The Balaban J connectivity index is 1.73. The Morgan fingerprint density at radius 1 is 0.821 bits per heavy atom. The first-order chi connectivity index (χ1) is 13.7. The van der Waals surface area contributed by atoms with Gasteiger partial charge < -0.3 is 10.4 Å². The molecule has 0 spiro atoms. The van der Waals surface area contributed by atoms with Crippen LogP contribution < -0.4 is 5.32 Å². The minimum atomic E-state index is -0.762. The molecule has 1 saturated heterocycles. The summed E-state index contributed by atoms with van der Waals surface area (Å²) in [6, 6.07) is 31.8. The molecule has 0 aliphatic carbocycles. The van der Waals surface area contributed by atoms with Crippen LogP contribution in [-0.4, -0.2) is 10.7 Å². The van der Waals surface area contributed by atoms with Crippen LogP contribution in [0.15, 0.2) is 91.0 Å². The maximum atomic E-state index is 12.0. The van der Waals surface area contributed by atoms with E-state index in [1.165, 1.54) is 16.7 Å². The van der Waals surface area contributed by atoms with Gasteiger partial charge in [0.1, 0.15) is 0 Å². The summed E-state index contributed by atoms with van der Waals surface area (Å²) in [6.07, 6.45) is 2.33. The maximum absolute atomic E-state index is 12.0. The molecule has 0 aromatic heterocycles. The van der Waals surface area contributed by atoms with E-state index < -0.39 is 5.60 Å². The molecule has 0 saturated carbocycles. The number of hydrogen-bond acceptors (Lipinski definition) is 2. The lowest BCUT2D eigenvalue weighted by Crippen LogP contribution is -2.54. The fourth-order valence-corrected chi connectivity index (χ4v) is 4.86. The lowest BCUT2D eigenvalue weighted by molar-refractivity contribution is -0.0761. The molecule has 1 aliphatic heterocycles. The quantitative estimate of drug-likeness (QED) is 0.624. The third-order valence-electron chi connectivity index (χ3n) is 6.18. The van der Waals surface area contributed by atoms with Crippen molar-refractivity contribution in [2.45, 2.75) is 43.9 Å². The van der Waals surface area contributed by atoms with Crippen LogP contribution in [0.1, 0.15) is 48.5 Å². The summed E-state index contributed by atoms with van der Waals surface area (Å²) < 4.78 is 0. The molecule has 144 valence electrons. The zero-order valence-corrected chi connectivity index (χ0v) is 16.5. The van der Waals surface area contributed by atoms with Crippen molar-refractivity contribution in [3.63, 3.8) is 0 Å². The molecule has 1 heterocycles. The number of nitrogens with one attached hydrogen (secondary N) is 1. The van der Waals surface area contributed by atoms with Crippen LogP contribution in [0, 0.1) is 5.92 Å². The lowest BCUT2D eigenvalue weighted by Gasteiger charge is -2.49. The Bertz CT molecular complexity index is 865. The first-order valence-electron chi connectivity index (χ1n) is 10.3. The fraction of sp³-hybridized carbons (Fsp3) is 0.308. The SMILES string of the molecule is CC[C@H]1[C@H](c2ccccc2)N[C@H](c2ccccc2)C[C@]1(O)Cc1ccccc1. The number of piperidine rings is 1. The van der Waals surface area contributed by atoms with Gasteiger partial charge >= 0.3 is 0 Å². The van der Waals surface area contributed by atoms with Crippen molar-refractivity contribution in [1.29, 1.82) is 0 Å². The molecular formula is C26H29NO. The van der Waals surface area contributed by atoms with Crippen LogP contribution in [0.2, 0.25) is 0 Å². The Hall–Kier alpha value is -2.42. The fourth-order valence-electron chi connectivity index (χ4n) is 4.86. The third-order valence-corrected chi connectivity index (χ3v) is 6.18. The van der Waals surface area contributed by atoms with E-state index in [9.17, 15) is 5.11 Å². The van der Waals surface area contributed by atoms with E-state index in [0.717, 1.165) is 6.42 Å². The van der Waals surface area contributed by atoms with Crippen molar-refractivity contribution < 1.29 is 5.11 Å². The van der Waals surface area contributed by atoms with Gasteiger partial charge in [-0.25, -0.2) is 0 Å². The summed E-state index contributed by atoms with van der Waals surface area (Å²) in [5, 5.41) is 15.9. The van der Waals surface area contributed by atoms with Crippen molar-refractivity contribution in [3.05, 3.63) is 108 Å². The Kier molecular flexibility index (Phi) is 5.61. The van der Waals surface area contributed by atoms with Gasteiger partial charge in [-0.1, -0.05) is 97.9 Å². The van der Waals surface area contributed by atoms with Crippen molar-refractivity contribution >= 4 is 0 Å². The predicted octanol–water partition coefficient (Wildman–Crippen LogP) is 5.46. The molecule has 2 heteroatoms. The van der Waals surface area contributed by atoms with E-state index in [2.05, 4.69) is 91.1 Å². The topological polar surface area (TPSA) is 32.3 Å². The smallest absolute Gasteiger partial charge is 0.0752 e. The van der Waals surface area contributed by atoms with Crippen molar-refractivity contribution in [2.75, 3.05) is 0 Å². The first-order valence-corrected chi connectivity index (χ1v) is 10.3. The summed E-state index contributed by atoms with van der Waals surface area (Å²) in [7, 11) is 0. The minimum absolute atomic E-state index is 0.124. The van der Waals surface area contributed by atoms with Crippen molar-refractivity contribution in [2.24, 2.45) is 5.92 Å². The average molecular weight is 372 g/mol. The van der Waals surface area contributed by atoms with Crippen LogP contribution >= 0.6 is 0 Å². The van der Waals surface area contributed by atoms with E-state index in [1.54, 1.807) is 0 Å². The number of aliphatic hydroxyl groups is 1. The monoisotopic (exact) mass is 371 g/mol. The van der Waals surface area contributed by atoms with E-state index in [4.69, 9.17) is 0 Å². The molecule has 4 atom stereocenters. The van der Waals surface area contributed by atoms with Gasteiger partial charge in [-0.2, -0.15) is 0 Å². The molecule has 2 nitrogen and oxygen atoms in total. The zero-order chi connectivity index (χ0) is 19.4. The maximum Gasteiger partial charge on any atom is 0.0752 e. The van der Waals surface area contributed by atoms with E-state index in [1.807, 2.05) is 12.1 Å². The zero-order valence-electron chi connectivity index (χ0n) is 16.5. The molecule has 1 fully saturated rings. The molecule has 0 amide bonds. The summed E-state index contributed by atoms with van der Waals surface area (Å²) in [4.78, 5) is 0. The lowest BCUT2D eigenvalue weighted by atomic mass is 9.67. The molecule has 3 aromatic carbocycles. The Morgan fingerprint density at radius 3 is 1.93 bits per heavy atom. The molecule has 1 aliphatic rings. The van der Waals surface area contributed by atoms with Gasteiger partial charge in [-0.3, -0.25) is 0 Å². The van der Waals surface area contributed by atoms with E-state index in [-0.39, 0.29) is 18.0 Å². The average Bonchev–Trinajstić information content (AvgIpc) is 2.75. The van der Waals surface area contributed by atoms with Crippen LogP contribution in [-0.2, 0) is 6.42 Å². The van der Waals surface area contributed by atoms with Crippen molar-refractivity contribution in [1.82, 2.24) is 5.32 Å². The van der Waals surface area contributed by atoms with E-state index >= 15 is 0 Å². The number of rotatable bonds is 5. The highest BCUT2D eigenvalue weighted by Crippen LogP contribution is 2.46. The first kappa shape index (κ1) is 18.9. The van der Waals surface area contributed by atoms with Gasteiger partial charge in [0.05, 0.1) is 5.60 Å². The molecule has 2 N–H and O–H groups in total. The molecule has 0 radical (unpaired) electrons. The molecule has 0 bridgehead atoms. The van der Waals surface area contributed by atoms with Gasteiger partial charge in [-0.15, -0.1) is 0 Å². The van der Waals surface area contributed by atoms with Gasteiger partial charge in [-0.05, 0) is 29.5 Å². The second-order valence-corrected chi connectivity index (χ2v) is 8.00. The minimum Gasteiger partial charge on any atom is -0.389 e. The number of hydrogen-bond donors (Lipinski definition) is 2. The molecule has 4 rings (SSSR count). The Labute approximate surface area is 168 Å². The van der Waals surface area contributed by atoms with Gasteiger partial charge in [0, 0.05) is 24.4 Å². The summed E-state index contributed by atoms with van der Waals surface area (Å²) >= 11 is 0. The highest BCUT2D eigenvalue weighted by atomic mass is 16.3. The second kappa shape index (κ2) is 8.30. The van der Waals surface area contributed by atoms with E-state index in [0.29, 0.717) is 12.8 Å². The van der Waals surface area contributed by atoms with Crippen molar-refractivity contribution in [3.8, 4) is 0 Å². The van der Waals surface area contributed by atoms with Crippen LogP contribution in [0.4, 0.5) is 0 Å². The van der Waals surface area contributed by atoms with Crippen LogP contribution in [0.3, 0.4) is 0 Å². The number of benzene rings is 3. The predicted molar refractivity (Wildman–Crippen MR) is 115 cm³/mol. The highest BCUT2D eigenvalue weighted by molar-refractivity contribution is 5.28. The Morgan fingerprint density at radius 2 is 1.36 bits per heavy atom. The standard InChI is InChI=1S/C26H29NO/c1-2-23-25(22-16-10-5-11-17-22)27-24(21-14-8-4-9-15-21)19-26(23,28)18-20-12-6-3-7-13-20/h3-17,23-25,27-28H,2,18-19H2,1H3/t23-,24-,25-,26+/m0/s1. The van der Waals surface area contributed by atoms with Gasteiger partial charge in [0.15, 0.2) is 0 Å². The molecular weight excluding hydrogens is 342 g/mol. The molecule has 3 aromatic rings. The highest BCUT2D eigenvalue weighted by Gasteiger charge is 2.47. The third kappa shape index (κ3) is 3.89. The van der Waals surface area contributed by atoms with Crippen LogP contribution in [0.25, 0.3) is 0 Å².